The van der Waals surface area contributed by atoms with Gasteiger partial charge >= 0.3 is 5.97 Å². The molecule has 6 nitrogen and oxygen atoms in total. The standard InChI is InChI=1S/C13H22N2O4S2/c1-9(2)15-7-11(6-12(15)13(16)17)21(18,19)14(4)10(3)8-20-5/h6-7,9-10H,8H2,1-5H3,(H,16,17). The molecule has 0 saturated heterocycles. The van der Waals surface area contributed by atoms with Crippen LogP contribution >= 0.6 is 11.8 Å². The first-order valence-electron chi connectivity index (χ1n) is 6.55. The number of nitrogens with zero attached hydrogens (tertiary/aromatic N) is 2. The van der Waals surface area contributed by atoms with E-state index < -0.39 is 16.0 Å². The molecule has 0 aliphatic rings. The van der Waals surface area contributed by atoms with Crippen molar-refractivity contribution in [3.63, 3.8) is 0 Å². The summed E-state index contributed by atoms with van der Waals surface area (Å²) in [5.74, 6) is -0.461. The summed E-state index contributed by atoms with van der Waals surface area (Å²) in [5.41, 5.74) is -0.0190. The molecule has 120 valence electrons. The molecule has 0 saturated carbocycles. The Morgan fingerprint density at radius 3 is 2.38 bits per heavy atom. The summed E-state index contributed by atoms with van der Waals surface area (Å²) in [5, 5.41) is 9.19. The van der Waals surface area contributed by atoms with Crippen LogP contribution in [0.2, 0.25) is 0 Å². The van der Waals surface area contributed by atoms with Gasteiger partial charge in [0, 0.05) is 31.1 Å². The summed E-state index contributed by atoms with van der Waals surface area (Å²) >= 11 is 1.56. The summed E-state index contributed by atoms with van der Waals surface area (Å²) in [6.07, 6.45) is 3.31. The van der Waals surface area contributed by atoms with Gasteiger partial charge in [0.15, 0.2) is 0 Å². The highest BCUT2D eigenvalue weighted by atomic mass is 32.2. The lowest BCUT2D eigenvalue weighted by atomic mass is 10.3. The van der Waals surface area contributed by atoms with E-state index in [1.165, 1.54) is 28.2 Å². The number of hydrogen-bond acceptors (Lipinski definition) is 4. The molecule has 1 aromatic rings. The number of hydrogen-bond donors (Lipinski definition) is 1. The quantitative estimate of drug-likeness (QED) is 0.826. The zero-order valence-corrected chi connectivity index (χ0v) is 14.5. The van der Waals surface area contributed by atoms with Crippen LogP contribution in [0.15, 0.2) is 17.2 Å². The maximum atomic E-state index is 12.6. The number of rotatable bonds is 7. The maximum absolute atomic E-state index is 12.6. The van der Waals surface area contributed by atoms with Crippen molar-refractivity contribution in [2.75, 3.05) is 19.1 Å². The van der Waals surface area contributed by atoms with Crippen molar-refractivity contribution >= 4 is 27.8 Å². The highest BCUT2D eigenvalue weighted by Crippen LogP contribution is 2.23. The topological polar surface area (TPSA) is 79.6 Å². The van der Waals surface area contributed by atoms with E-state index in [1.54, 1.807) is 11.8 Å². The fraction of sp³-hybridized carbons (Fsp3) is 0.615. The maximum Gasteiger partial charge on any atom is 0.352 e. The van der Waals surface area contributed by atoms with Gasteiger partial charge in [-0.25, -0.2) is 13.2 Å². The van der Waals surface area contributed by atoms with E-state index in [1.807, 2.05) is 27.0 Å². The van der Waals surface area contributed by atoms with Crippen molar-refractivity contribution in [1.29, 1.82) is 0 Å². The van der Waals surface area contributed by atoms with Gasteiger partial charge in [-0.3, -0.25) is 0 Å². The molecule has 1 unspecified atom stereocenters. The number of carbonyl (C=O) groups is 1. The lowest BCUT2D eigenvalue weighted by Gasteiger charge is -2.23. The third-order valence-electron chi connectivity index (χ3n) is 3.30. The number of thioether (sulfide) groups is 1. The van der Waals surface area contributed by atoms with Crippen LogP contribution in [-0.2, 0) is 10.0 Å². The van der Waals surface area contributed by atoms with Crippen LogP contribution in [-0.4, -0.2) is 53.5 Å². The van der Waals surface area contributed by atoms with Gasteiger partial charge in [-0.15, -0.1) is 0 Å². The van der Waals surface area contributed by atoms with Gasteiger partial charge in [-0.05, 0) is 33.1 Å². The first-order chi connectivity index (χ1) is 9.62. The van der Waals surface area contributed by atoms with E-state index in [2.05, 4.69) is 0 Å². The van der Waals surface area contributed by atoms with Crippen LogP contribution in [0, 0.1) is 0 Å². The molecule has 0 amide bonds. The van der Waals surface area contributed by atoms with Gasteiger partial charge in [0.2, 0.25) is 10.0 Å². The van der Waals surface area contributed by atoms with Crippen molar-refractivity contribution < 1.29 is 18.3 Å². The van der Waals surface area contributed by atoms with Gasteiger partial charge in [-0.2, -0.15) is 16.1 Å². The molecule has 1 heterocycles. The molecule has 21 heavy (non-hydrogen) atoms. The predicted octanol–water partition coefficient (Wildman–Crippen LogP) is 2.14. The normalized spacial score (nSPS) is 13.9. The minimum atomic E-state index is -3.69. The van der Waals surface area contributed by atoms with Gasteiger partial charge in [0.05, 0.1) is 0 Å². The Kier molecular flexibility index (Phi) is 5.89. The van der Waals surface area contributed by atoms with Crippen molar-refractivity contribution in [2.45, 2.75) is 37.8 Å². The second-order valence-electron chi connectivity index (χ2n) is 5.19. The molecule has 0 bridgehead atoms. The average Bonchev–Trinajstić information content (AvgIpc) is 2.84. The molecule has 0 aromatic carbocycles. The molecule has 8 heteroatoms. The molecule has 0 fully saturated rings. The summed E-state index contributed by atoms with van der Waals surface area (Å²) in [6.45, 7) is 5.44. The Morgan fingerprint density at radius 2 is 2.00 bits per heavy atom. The van der Waals surface area contributed by atoms with Gasteiger partial charge in [0.1, 0.15) is 10.6 Å². The minimum absolute atomic E-state index is 0.0176. The van der Waals surface area contributed by atoms with Gasteiger partial charge in [0.25, 0.3) is 0 Å². The molecule has 0 radical (unpaired) electrons. The number of aromatic carboxylic acids is 1. The van der Waals surface area contributed by atoms with Crippen LogP contribution in [0.3, 0.4) is 0 Å². The van der Waals surface area contributed by atoms with Crippen molar-refractivity contribution in [3.05, 3.63) is 18.0 Å². The minimum Gasteiger partial charge on any atom is -0.477 e. The monoisotopic (exact) mass is 334 g/mol. The van der Waals surface area contributed by atoms with E-state index >= 15 is 0 Å². The van der Waals surface area contributed by atoms with E-state index in [-0.39, 0.29) is 22.7 Å². The van der Waals surface area contributed by atoms with Crippen molar-refractivity contribution in [3.8, 4) is 0 Å². The summed E-state index contributed by atoms with van der Waals surface area (Å²) < 4.78 is 27.9. The fourth-order valence-electron chi connectivity index (χ4n) is 1.94. The third-order valence-corrected chi connectivity index (χ3v) is 6.06. The highest BCUT2D eigenvalue weighted by Gasteiger charge is 2.28. The molecule has 0 aliphatic carbocycles. The Balaban J connectivity index is 3.26. The first-order valence-corrected chi connectivity index (χ1v) is 9.38. The molecule has 1 N–H and O–H groups in total. The predicted molar refractivity (Wildman–Crippen MR) is 84.6 cm³/mol. The molecular formula is C13H22N2O4S2. The number of carboxylic acids is 1. The molecule has 0 spiro atoms. The van der Waals surface area contributed by atoms with Crippen molar-refractivity contribution in [1.82, 2.24) is 8.87 Å². The fourth-order valence-corrected chi connectivity index (χ4v) is 4.13. The van der Waals surface area contributed by atoms with Crippen LogP contribution < -0.4 is 0 Å². The van der Waals surface area contributed by atoms with Crippen LogP contribution in [0.25, 0.3) is 0 Å². The zero-order chi connectivity index (χ0) is 16.4. The molecule has 1 atom stereocenters. The van der Waals surface area contributed by atoms with Gasteiger partial charge < -0.3 is 9.67 Å². The smallest absolute Gasteiger partial charge is 0.352 e. The Labute approximate surface area is 130 Å². The molecular weight excluding hydrogens is 312 g/mol. The second kappa shape index (κ2) is 6.85. The van der Waals surface area contributed by atoms with E-state index in [4.69, 9.17) is 0 Å². The zero-order valence-electron chi connectivity index (χ0n) is 12.9. The second-order valence-corrected chi connectivity index (χ2v) is 8.10. The van der Waals surface area contributed by atoms with E-state index in [0.717, 1.165) is 0 Å². The number of carboxylic acid groups (broad SMARTS) is 1. The van der Waals surface area contributed by atoms with Crippen LogP contribution in [0.5, 0.6) is 0 Å². The highest BCUT2D eigenvalue weighted by molar-refractivity contribution is 7.98. The summed E-state index contributed by atoms with van der Waals surface area (Å²) in [6, 6.07) is 0.926. The summed E-state index contributed by atoms with van der Waals surface area (Å²) in [4.78, 5) is 11.3. The Hall–Kier alpha value is -0.990. The largest absolute Gasteiger partial charge is 0.477 e. The van der Waals surface area contributed by atoms with Crippen LogP contribution in [0.4, 0.5) is 0 Å². The Morgan fingerprint density at radius 1 is 1.43 bits per heavy atom. The van der Waals surface area contributed by atoms with Crippen LogP contribution in [0.1, 0.15) is 37.3 Å². The van der Waals surface area contributed by atoms with Gasteiger partial charge in [-0.1, -0.05) is 0 Å². The number of aromatic nitrogens is 1. The Bertz CT molecular complexity index is 608. The molecule has 1 aromatic heterocycles. The summed E-state index contributed by atoms with van der Waals surface area (Å²) in [7, 11) is -2.18. The van der Waals surface area contributed by atoms with Crippen molar-refractivity contribution in [2.24, 2.45) is 0 Å². The molecule has 0 aliphatic heterocycles. The first kappa shape index (κ1) is 18.1. The van der Waals surface area contributed by atoms with E-state index in [0.29, 0.717) is 5.75 Å². The lowest BCUT2D eigenvalue weighted by Crippen LogP contribution is -2.36. The SMILES string of the molecule is CSCC(C)N(C)S(=O)(=O)c1cc(C(=O)O)n(C(C)C)c1. The van der Waals surface area contributed by atoms with E-state index in [9.17, 15) is 18.3 Å². The third kappa shape index (κ3) is 3.81. The molecule has 1 rings (SSSR count). The lowest BCUT2D eigenvalue weighted by molar-refractivity contribution is 0.0683. The number of sulfonamides is 1. The average molecular weight is 334 g/mol.